The zero-order valence-corrected chi connectivity index (χ0v) is 16.9. The van der Waals surface area contributed by atoms with Crippen LogP contribution >= 0.6 is 0 Å². The molecule has 0 aromatic heterocycles. The Kier molecular flexibility index (Phi) is 13.2. The molecule has 2 N–H and O–H groups in total. The van der Waals surface area contributed by atoms with Gasteiger partial charge in [-0.3, -0.25) is 0 Å². The lowest BCUT2D eigenvalue weighted by atomic mass is 10.0. The van der Waals surface area contributed by atoms with Gasteiger partial charge in [0.2, 0.25) is 0 Å². The molecule has 0 saturated heterocycles. The van der Waals surface area contributed by atoms with Crippen molar-refractivity contribution in [2.45, 2.75) is 40.0 Å². The van der Waals surface area contributed by atoms with Crippen LogP contribution in [0.5, 0.6) is 0 Å². The van der Waals surface area contributed by atoms with Gasteiger partial charge in [0, 0.05) is 0 Å². The van der Waals surface area contributed by atoms with E-state index in [0.29, 0.717) is 12.3 Å². The first-order valence-electron chi connectivity index (χ1n) is 8.63. The summed E-state index contributed by atoms with van der Waals surface area (Å²) in [6.07, 6.45) is 4.42. The minimum absolute atomic E-state index is 0.0898. The van der Waals surface area contributed by atoms with Crippen LogP contribution in [0.1, 0.15) is 44.7 Å². The third kappa shape index (κ3) is 12.4. The second kappa shape index (κ2) is 14.2. The van der Waals surface area contributed by atoms with Crippen molar-refractivity contribution in [1.29, 1.82) is 0 Å². The van der Waals surface area contributed by atoms with Gasteiger partial charge < -0.3 is 0 Å². The summed E-state index contributed by atoms with van der Waals surface area (Å²) in [5, 5.41) is 0. The molecule has 0 aliphatic heterocycles. The van der Waals surface area contributed by atoms with Crippen molar-refractivity contribution in [2.24, 2.45) is 5.90 Å². The third-order valence-corrected chi connectivity index (χ3v) is 4.43. The van der Waals surface area contributed by atoms with Gasteiger partial charge in [-0.05, 0) is 37.3 Å². The van der Waals surface area contributed by atoms with Crippen LogP contribution in [0.15, 0.2) is 72.8 Å². The van der Waals surface area contributed by atoms with E-state index in [1.165, 1.54) is 5.56 Å². The maximum Gasteiger partial charge on any atom is 0.283 e. The molecule has 144 valence electrons. The van der Waals surface area contributed by atoms with Gasteiger partial charge in [0.1, 0.15) is 0 Å². The van der Waals surface area contributed by atoms with E-state index in [1.807, 2.05) is 62.4 Å². The fourth-order valence-electron chi connectivity index (χ4n) is 1.77. The van der Waals surface area contributed by atoms with Crippen molar-refractivity contribution in [3.05, 3.63) is 83.9 Å². The summed E-state index contributed by atoms with van der Waals surface area (Å²) in [7, 11) is -3.54. The molecule has 5 heteroatoms. The molecular weight excluding hydrogens is 346 g/mol. The summed E-state index contributed by atoms with van der Waals surface area (Å²) < 4.78 is 25.5. The maximum atomic E-state index is 10.8. The minimum Gasteiger partial charge on any atom is -0.198 e. The van der Waals surface area contributed by atoms with Gasteiger partial charge in [0.15, 0.2) is 0 Å². The average molecular weight is 378 g/mol. The first kappa shape index (κ1) is 24.1. The van der Waals surface area contributed by atoms with E-state index in [4.69, 9.17) is 0 Å². The monoisotopic (exact) mass is 377 g/mol. The summed E-state index contributed by atoms with van der Waals surface area (Å²) in [5.74, 6) is 5.15. The highest BCUT2D eigenvalue weighted by Gasteiger charge is 2.08. The number of aryl methyl sites for hydroxylation is 1. The lowest BCUT2D eigenvalue weighted by Gasteiger charge is -2.01. The van der Waals surface area contributed by atoms with Gasteiger partial charge in [-0.2, -0.15) is 18.6 Å². The van der Waals surface area contributed by atoms with Crippen molar-refractivity contribution in [2.75, 3.05) is 5.75 Å². The third-order valence-electron chi connectivity index (χ3n) is 3.43. The van der Waals surface area contributed by atoms with Crippen LogP contribution < -0.4 is 5.90 Å². The molecule has 0 aliphatic rings. The van der Waals surface area contributed by atoms with Crippen molar-refractivity contribution in [3.63, 3.8) is 0 Å². The van der Waals surface area contributed by atoms with E-state index in [1.54, 1.807) is 0 Å². The molecule has 2 rings (SSSR count). The van der Waals surface area contributed by atoms with E-state index in [2.05, 4.69) is 48.3 Å². The molecule has 0 unspecified atom stereocenters. The standard InChI is InChI=1S/C9H12.C8H11NO3S.C4H8/c1-8(2)9-6-4-3-5-7-9;9-12-13(10,11)7-6-8-4-2-1-3-5-8;1-3-4-2/h3-8H,1-2H3;1-5H,6-7,9H2;3-4H,1-2H3. The smallest absolute Gasteiger partial charge is 0.198 e. The lowest BCUT2D eigenvalue weighted by Crippen LogP contribution is -2.16. The minimum atomic E-state index is -3.54. The predicted molar refractivity (Wildman–Crippen MR) is 110 cm³/mol. The number of rotatable bonds is 5. The first-order chi connectivity index (χ1) is 12.4. The van der Waals surface area contributed by atoms with Crippen LogP contribution in [0.25, 0.3) is 0 Å². The second-order valence-corrected chi connectivity index (χ2v) is 7.54. The van der Waals surface area contributed by atoms with Gasteiger partial charge >= 0.3 is 0 Å². The van der Waals surface area contributed by atoms with Crippen molar-refractivity contribution < 1.29 is 12.7 Å². The second-order valence-electron chi connectivity index (χ2n) is 5.83. The van der Waals surface area contributed by atoms with E-state index in [-0.39, 0.29) is 5.75 Å². The molecule has 0 spiro atoms. The Labute approximate surface area is 158 Å². The normalized spacial score (nSPS) is 10.7. The van der Waals surface area contributed by atoms with Crippen LogP contribution in [0.2, 0.25) is 0 Å². The predicted octanol–water partition coefficient (Wildman–Crippen LogP) is 4.84. The number of hydrogen-bond acceptors (Lipinski definition) is 4. The summed E-state index contributed by atoms with van der Waals surface area (Å²) in [6, 6.07) is 19.8. The molecule has 0 fully saturated rings. The van der Waals surface area contributed by atoms with Crippen molar-refractivity contribution in [1.82, 2.24) is 0 Å². The van der Waals surface area contributed by atoms with Crippen LogP contribution in [0.3, 0.4) is 0 Å². The number of nitrogens with two attached hydrogens (primary N) is 1. The van der Waals surface area contributed by atoms with Crippen LogP contribution in [0, 0.1) is 0 Å². The van der Waals surface area contributed by atoms with Gasteiger partial charge in [-0.25, -0.2) is 0 Å². The molecule has 2 aromatic rings. The molecule has 0 aliphatic carbocycles. The Morgan fingerprint density at radius 2 is 1.38 bits per heavy atom. The fourth-order valence-corrected chi connectivity index (χ4v) is 2.36. The lowest BCUT2D eigenvalue weighted by molar-refractivity contribution is 0.333. The van der Waals surface area contributed by atoms with Gasteiger partial charge in [0.05, 0.1) is 5.75 Å². The van der Waals surface area contributed by atoms with E-state index < -0.39 is 10.1 Å². The molecule has 26 heavy (non-hydrogen) atoms. The van der Waals surface area contributed by atoms with Crippen molar-refractivity contribution in [3.8, 4) is 0 Å². The average Bonchev–Trinajstić information content (AvgIpc) is 2.68. The van der Waals surface area contributed by atoms with Gasteiger partial charge in [-0.1, -0.05) is 86.7 Å². The van der Waals surface area contributed by atoms with Crippen molar-refractivity contribution >= 4 is 10.1 Å². The zero-order chi connectivity index (χ0) is 19.8. The Bertz CT molecular complexity index is 693. The topological polar surface area (TPSA) is 69.4 Å². The molecular formula is C21H31NO3S. The fraction of sp³-hybridized carbons (Fsp3) is 0.333. The summed E-state index contributed by atoms with van der Waals surface area (Å²) in [4.78, 5) is 0. The van der Waals surface area contributed by atoms with Crippen LogP contribution in [0.4, 0.5) is 0 Å². The summed E-state index contributed by atoms with van der Waals surface area (Å²) in [5.41, 5.74) is 2.36. The highest BCUT2D eigenvalue weighted by Crippen LogP contribution is 2.11. The molecule has 0 radical (unpaired) electrons. The van der Waals surface area contributed by atoms with Crippen LogP contribution in [-0.4, -0.2) is 14.2 Å². The molecule has 0 heterocycles. The largest absolute Gasteiger partial charge is 0.283 e. The SMILES string of the molecule is CC(C)c1ccccc1.CC=CC.NOS(=O)(=O)CCc1ccccc1. The number of benzene rings is 2. The quantitative estimate of drug-likeness (QED) is 0.598. The molecule has 0 amide bonds. The Morgan fingerprint density at radius 3 is 1.73 bits per heavy atom. The van der Waals surface area contributed by atoms with Crippen LogP contribution in [-0.2, 0) is 20.8 Å². The number of hydrogen-bond donors (Lipinski definition) is 1. The Morgan fingerprint density at radius 1 is 0.923 bits per heavy atom. The summed E-state index contributed by atoms with van der Waals surface area (Å²) >= 11 is 0. The number of allylic oxidation sites excluding steroid dienone is 2. The highest BCUT2D eigenvalue weighted by atomic mass is 32.2. The Hall–Kier alpha value is -1.95. The van der Waals surface area contributed by atoms with Gasteiger partial charge in [0.25, 0.3) is 10.1 Å². The molecule has 0 atom stereocenters. The van der Waals surface area contributed by atoms with E-state index in [0.717, 1.165) is 5.56 Å². The molecule has 0 saturated carbocycles. The maximum absolute atomic E-state index is 10.8. The first-order valence-corrected chi connectivity index (χ1v) is 10.2. The van der Waals surface area contributed by atoms with E-state index >= 15 is 0 Å². The Balaban J connectivity index is 0.000000416. The van der Waals surface area contributed by atoms with Gasteiger partial charge in [-0.15, -0.1) is 0 Å². The van der Waals surface area contributed by atoms with E-state index in [9.17, 15) is 8.42 Å². The summed E-state index contributed by atoms with van der Waals surface area (Å²) in [6.45, 7) is 8.41. The highest BCUT2D eigenvalue weighted by molar-refractivity contribution is 7.86. The molecule has 0 bridgehead atoms. The molecule has 4 nitrogen and oxygen atoms in total. The zero-order valence-electron chi connectivity index (χ0n) is 16.1. The molecule has 2 aromatic carbocycles.